The Kier molecular flexibility index (Phi) is 4.19. The van der Waals surface area contributed by atoms with Gasteiger partial charge in [-0.05, 0) is 18.2 Å². The summed E-state index contributed by atoms with van der Waals surface area (Å²) in [6.07, 6.45) is 1.40. The fourth-order valence-electron chi connectivity index (χ4n) is 1.37. The van der Waals surface area contributed by atoms with Crippen molar-refractivity contribution in [2.24, 2.45) is 0 Å². The van der Waals surface area contributed by atoms with E-state index in [9.17, 15) is 9.59 Å². The Bertz CT molecular complexity index is 641. The van der Waals surface area contributed by atoms with Crippen molar-refractivity contribution in [3.63, 3.8) is 0 Å². The standard InChI is InChI=1S/C12H12N4O2S/c13-8-2-1-3-9(6-8)15-11(18)7-19-12-14-5-4-10(17)16-12/h1-6H,7,13H2,(H,15,18)(H,14,16,17). The highest BCUT2D eigenvalue weighted by Gasteiger charge is 2.05. The van der Waals surface area contributed by atoms with Gasteiger partial charge in [-0.25, -0.2) is 4.98 Å². The number of nitrogen functional groups attached to an aromatic ring is 1. The van der Waals surface area contributed by atoms with Crippen LogP contribution in [-0.4, -0.2) is 21.6 Å². The maximum absolute atomic E-state index is 11.7. The number of amides is 1. The molecule has 0 saturated carbocycles. The monoisotopic (exact) mass is 276 g/mol. The van der Waals surface area contributed by atoms with Gasteiger partial charge in [0.25, 0.3) is 5.56 Å². The summed E-state index contributed by atoms with van der Waals surface area (Å²) in [6, 6.07) is 8.24. The van der Waals surface area contributed by atoms with Crippen molar-refractivity contribution in [3.05, 3.63) is 46.9 Å². The molecule has 0 radical (unpaired) electrons. The SMILES string of the molecule is Nc1cccc(NC(=O)CSc2nccc(=O)[nH]2)c1. The van der Waals surface area contributed by atoms with Crippen molar-refractivity contribution in [2.45, 2.75) is 5.16 Å². The summed E-state index contributed by atoms with van der Waals surface area (Å²) in [5.74, 6) is -0.0380. The molecule has 0 spiro atoms. The van der Waals surface area contributed by atoms with Crippen molar-refractivity contribution in [1.29, 1.82) is 0 Å². The molecule has 1 amide bonds. The third-order valence-corrected chi connectivity index (χ3v) is 3.05. The second-order valence-corrected chi connectivity index (χ2v) is 4.67. The van der Waals surface area contributed by atoms with Crippen LogP contribution in [0.4, 0.5) is 11.4 Å². The Labute approximate surface area is 113 Å². The first-order valence-electron chi connectivity index (χ1n) is 5.47. The summed E-state index contributed by atoms with van der Waals surface area (Å²) in [7, 11) is 0. The number of anilines is 2. The van der Waals surface area contributed by atoms with Crippen LogP contribution in [0.15, 0.2) is 46.5 Å². The fraction of sp³-hybridized carbons (Fsp3) is 0.0833. The zero-order valence-electron chi connectivity index (χ0n) is 9.92. The highest BCUT2D eigenvalue weighted by molar-refractivity contribution is 7.99. The second-order valence-electron chi connectivity index (χ2n) is 3.70. The number of nitrogens with one attached hydrogen (secondary N) is 2. The van der Waals surface area contributed by atoms with Crippen LogP contribution in [0, 0.1) is 0 Å². The van der Waals surface area contributed by atoms with Crippen molar-refractivity contribution in [1.82, 2.24) is 9.97 Å². The lowest BCUT2D eigenvalue weighted by atomic mass is 10.3. The van der Waals surface area contributed by atoms with Gasteiger partial charge in [-0.1, -0.05) is 17.8 Å². The van der Waals surface area contributed by atoms with Crippen molar-refractivity contribution in [3.8, 4) is 0 Å². The molecular formula is C12H12N4O2S. The van der Waals surface area contributed by atoms with Crippen LogP contribution in [-0.2, 0) is 4.79 Å². The molecule has 1 aromatic carbocycles. The molecule has 6 nitrogen and oxygen atoms in total. The predicted molar refractivity (Wildman–Crippen MR) is 75.1 cm³/mol. The van der Waals surface area contributed by atoms with E-state index in [0.717, 1.165) is 11.8 Å². The van der Waals surface area contributed by atoms with E-state index < -0.39 is 0 Å². The Morgan fingerprint density at radius 2 is 2.26 bits per heavy atom. The van der Waals surface area contributed by atoms with E-state index in [1.54, 1.807) is 24.3 Å². The number of hydrogen-bond donors (Lipinski definition) is 3. The van der Waals surface area contributed by atoms with Gasteiger partial charge in [-0.2, -0.15) is 0 Å². The van der Waals surface area contributed by atoms with Gasteiger partial charge in [-0.15, -0.1) is 0 Å². The van der Waals surface area contributed by atoms with E-state index in [1.807, 2.05) is 0 Å². The number of carbonyl (C=O) groups is 1. The van der Waals surface area contributed by atoms with Crippen LogP contribution in [0.3, 0.4) is 0 Å². The molecule has 0 aliphatic carbocycles. The molecule has 2 aromatic rings. The minimum Gasteiger partial charge on any atom is -0.399 e. The van der Waals surface area contributed by atoms with Gasteiger partial charge in [-0.3, -0.25) is 9.59 Å². The largest absolute Gasteiger partial charge is 0.399 e. The molecule has 1 heterocycles. The Hall–Kier alpha value is -2.28. The number of carbonyl (C=O) groups excluding carboxylic acids is 1. The minimum atomic E-state index is -0.242. The number of nitrogens with two attached hydrogens (primary N) is 1. The van der Waals surface area contributed by atoms with Crippen molar-refractivity contribution < 1.29 is 4.79 Å². The molecule has 0 saturated heterocycles. The summed E-state index contributed by atoms with van der Waals surface area (Å²) in [5, 5.41) is 3.12. The van der Waals surface area contributed by atoms with Crippen LogP contribution in [0.5, 0.6) is 0 Å². The lowest BCUT2D eigenvalue weighted by molar-refractivity contribution is -0.113. The van der Waals surface area contributed by atoms with Crippen molar-refractivity contribution >= 4 is 29.0 Å². The van der Waals surface area contributed by atoms with Crippen molar-refractivity contribution in [2.75, 3.05) is 16.8 Å². The molecule has 0 aliphatic heterocycles. The molecule has 4 N–H and O–H groups in total. The second kappa shape index (κ2) is 6.05. The minimum absolute atomic E-state index is 0.155. The maximum atomic E-state index is 11.7. The molecule has 0 atom stereocenters. The normalized spacial score (nSPS) is 10.1. The van der Waals surface area contributed by atoms with E-state index in [1.165, 1.54) is 12.3 Å². The average molecular weight is 276 g/mol. The quantitative estimate of drug-likeness (QED) is 0.441. The first-order valence-corrected chi connectivity index (χ1v) is 6.45. The van der Waals surface area contributed by atoms with Gasteiger partial charge in [0, 0.05) is 23.6 Å². The number of nitrogens with zero attached hydrogens (tertiary/aromatic N) is 1. The topological polar surface area (TPSA) is 101 Å². The third-order valence-electron chi connectivity index (χ3n) is 2.16. The predicted octanol–water partition coefficient (Wildman–Crippen LogP) is 1.08. The Balaban J connectivity index is 1.90. The van der Waals surface area contributed by atoms with Gasteiger partial charge in [0.1, 0.15) is 0 Å². The molecule has 98 valence electrons. The summed E-state index contributed by atoms with van der Waals surface area (Å²) in [6.45, 7) is 0. The average Bonchev–Trinajstić information content (AvgIpc) is 2.36. The first kappa shape index (κ1) is 13.2. The number of thioether (sulfide) groups is 1. The van der Waals surface area contributed by atoms with E-state index in [-0.39, 0.29) is 17.2 Å². The van der Waals surface area contributed by atoms with Gasteiger partial charge in [0.2, 0.25) is 5.91 Å². The summed E-state index contributed by atoms with van der Waals surface area (Å²) < 4.78 is 0. The van der Waals surface area contributed by atoms with Gasteiger partial charge >= 0.3 is 0 Å². The number of hydrogen-bond acceptors (Lipinski definition) is 5. The van der Waals surface area contributed by atoms with E-state index in [0.29, 0.717) is 16.5 Å². The number of H-pyrrole nitrogens is 1. The van der Waals surface area contributed by atoms with E-state index in [4.69, 9.17) is 5.73 Å². The van der Waals surface area contributed by atoms with E-state index >= 15 is 0 Å². The smallest absolute Gasteiger partial charge is 0.251 e. The van der Waals surface area contributed by atoms with Crippen LogP contribution in [0.2, 0.25) is 0 Å². The summed E-state index contributed by atoms with van der Waals surface area (Å²) in [5.41, 5.74) is 6.59. The molecule has 0 fully saturated rings. The Morgan fingerprint density at radius 1 is 1.42 bits per heavy atom. The lowest BCUT2D eigenvalue weighted by Crippen LogP contribution is -2.15. The third kappa shape index (κ3) is 4.14. The number of aromatic nitrogens is 2. The maximum Gasteiger partial charge on any atom is 0.251 e. The van der Waals surface area contributed by atoms with Crippen LogP contribution >= 0.6 is 11.8 Å². The molecule has 1 aromatic heterocycles. The fourth-order valence-corrected chi connectivity index (χ4v) is 2.02. The molecular weight excluding hydrogens is 264 g/mol. The number of aromatic amines is 1. The van der Waals surface area contributed by atoms with E-state index in [2.05, 4.69) is 15.3 Å². The van der Waals surface area contributed by atoms with Crippen LogP contribution in [0.25, 0.3) is 0 Å². The summed E-state index contributed by atoms with van der Waals surface area (Å²) in [4.78, 5) is 29.2. The van der Waals surface area contributed by atoms with Gasteiger partial charge in [0.15, 0.2) is 5.16 Å². The Morgan fingerprint density at radius 3 is 3.00 bits per heavy atom. The molecule has 0 unspecified atom stereocenters. The molecule has 0 bridgehead atoms. The zero-order valence-corrected chi connectivity index (χ0v) is 10.7. The summed E-state index contributed by atoms with van der Waals surface area (Å²) >= 11 is 1.16. The van der Waals surface area contributed by atoms with Crippen LogP contribution < -0.4 is 16.6 Å². The number of rotatable bonds is 4. The molecule has 0 aliphatic rings. The van der Waals surface area contributed by atoms with Gasteiger partial charge < -0.3 is 16.0 Å². The first-order chi connectivity index (χ1) is 9.13. The van der Waals surface area contributed by atoms with Crippen LogP contribution in [0.1, 0.15) is 0 Å². The highest BCUT2D eigenvalue weighted by atomic mass is 32.2. The van der Waals surface area contributed by atoms with Gasteiger partial charge in [0.05, 0.1) is 5.75 Å². The lowest BCUT2D eigenvalue weighted by Gasteiger charge is -2.05. The highest BCUT2D eigenvalue weighted by Crippen LogP contribution is 2.14. The molecule has 2 rings (SSSR count). The zero-order chi connectivity index (χ0) is 13.7. The molecule has 19 heavy (non-hydrogen) atoms. The number of benzene rings is 1. The molecule has 7 heteroatoms.